The monoisotopic (exact) mass is 257 g/mol. The maximum atomic E-state index is 11.9. The van der Waals surface area contributed by atoms with Crippen molar-refractivity contribution >= 4 is 5.97 Å². The predicted molar refractivity (Wildman–Crippen MR) is 71.5 cm³/mol. The Kier molecular flexibility index (Phi) is 6.65. The van der Waals surface area contributed by atoms with Crippen molar-refractivity contribution in [1.29, 1.82) is 0 Å². The molecule has 1 rings (SSSR count). The molecule has 0 heterocycles. The van der Waals surface area contributed by atoms with Gasteiger partial charge in [0.25, 0.3) is 0 Å². The highest BCUT2D eigenvalue weighted by Gasteiger charge is 2.33. The van der Waals surface area contributed by atoms with E-state index in [4.69, 9.17) is 9.47 Å². The van der Waals surface area contributed by atoms with Gasteiger partial charge < -0.3 is 14.8 Å². The number of likely N-dealkylation sites (N-methyl/N-ethyl adjacent to an activating group) is 1. The third kappa shape index (κ3) is 5.36. The van der Waals surface area contributed by atoms with Crippen molar-refractivity contribution in [2.75, 3.05) is 26.4 Å². The molecule has 0 radical (unpaired) electrons. The fourth-order valence-corrected chi connectivity index (χ4v) is 2.01. The minimum Gasteiger partial charge on any atom is -0.465 e. The Morgan fingerprint density at radius 2 is 2.11 bits per heavy atom. The molecule has 1 aliphatic rings. The molecule has 1 atom stereocenters. The van der Waals surface area contributed by atoms with Gasteiger partial charge in [0.05, 0.1) is 6.61 Å². The first kappa shape index (κ1) is 15.4. The van der Waals surface area contributed by atoms with Gasteiger partial charge in [0.2, 0.25) is 0 Å². The summed E-state index contributed by atoms with van der Waals surface area (Å²) in [5.41, 5.74) is -0.576. The second kappa shape index (κ2) is 7.74. The number of rotatable bonds is 10. The third-order valence-electron chi connectivity index (χ3n) is 3.31. The van der Waals surface area contributed by atoms with Crippen LogP contribution in [-0.2, 0) is 14.3 Å². The summed E-state index contributed by atoms with van der Waals surface area (Å²) in [6.07, 6.45) is 4.27. The number of hydrogen-bond donors (Lipinski definition) is 1. The third-order valence-corrected chi connectivity index (χ3v) is 3.31. The van der Waals surface area contributed by atoms with Crippen molar-refractivity contribution in [3.8, 4) is 0 Å². The van der Waals surface area contributed by atoms with Crippen LogP contribution in [0.5, 0.6) is 0 Å². The van der Waals surface area contributed by atoms with Gasteiger partial charge in [-0.25, -0.2) is 0 Å². The molecule has 0 aliphatic heterocycles. The van der Waals surface area contributed by atoms with Gasteiger partial charge in [0, 0.05) is 13.2 Å². The van der Waals surface area contributed by atoms with E-state index >= 15 is 0 Å². The summed E-state index contributed by atoms with van der Waals surface area (Å²) in [6, 6.07) is 0. The zero-order chi connectivity index (χ0) is 13.4. The minimum absolute atomic E-state index is 0.158. The van der Waals surface area contributed by atoms with E-state index in [1.807, 2.05) is 20.8 Å². The summed E-state index contributed by atoms with van der Waals surface area (Å²) in [5, 5.41) is 3.23. The van der Waals surface area contributed by atoms with E-state index in [1.165, 1.54) is 12.8 Å². The van der Waals surface area contributed by atoms with E-state index in [-0.39, 0.29) is 5.97 Å². The summed E-state index contributed by atoms with van der Waals surface area (Å²) in [4.78, 5) is 11.9. The fraction of sp³-hybridized carbons (Fsp3) is 0.929. The van der Waals surface area contributed by atoms with Crippen molar-refractivity contribution in [2.45, 2.75) is 52.0 Å². The summed E-state index contributed by atoms with van der Waals surface area (Å²) >= 11 is 0. The molecule has 1 unspecified atom stereocenters. The Morgan fingerprint density at radius 3 is 2.67 bits per heavy atom. The summed E-state index contributed by atoms with van der Waals surface area (Å²) in [6.45, 7) is 8.56. The van der Waals surface area contributed by atoms with E-state index < -0.39 is 5.54 Å². The molecule has 18 heavy (non-hydrogen) atoms. The predicted octanol–water partition coefficient (Wildman–Crippen LogP) is 2.12. The molecule has 0 aromatic rings. The zero-order valence-electron chi connectivity index (χ0n) is 12.0. The number of esters is 1. The molecule has 0 spiro atoms. The van der Waals surface area contributed by atoms with Crippen LogP contribution >= 0.6 is 0 Å². The fourth-order valence-electron chi connectivity index (χ4n) is 2.01. The maximum absolute atomic E-state index is 11.9. The van der Waals surface area contributed by atoms with Gasteiger partial charge in [0.15, 0.2) is 0 Å². The lowest BCUT2D eigenvalue weighted by Crippen LogP contribution is -2.50. The Hall–Kier alpha value is -0.610. The molecular formula is C14H27NO3. The average molecular weight is 257 g/mol. The van der Waals surface area contributed by atoms with Gasteiger partial charge in [-0.2, -0.15) is 0 Å². The van der Waals surface area contributed by atoms with Crippen LogP contribution in [0.25, 0.3) is 0 Å². The SMILES string of the molecule is CCNC(C)(CCCOCC1CC1)C(=O)OCC. The maximum Gasteiger partial charge on any atom is 0.326 e. The quantitative estimate of drug-likeness (QED) is 0.481. The first-order valence-corrected chi connectivity index (χ1v) is 7.12. The minimum atomic E-state index is -0.576. The second-order valence-corrected chi connectivity index (χ2v) is 5.20. The largest absolute Gasteiger partial charge is 0.465 e. The number of carbonyl (C=O) groups excluding carboxylic acids is 1. The van der Waals surface area contributed by atoms with E-state index in [2.05, 4.69) is 5.32 Å². The highest BCUT2D eigenvalue weighted by molar-refractivity contribution is 5.80. The smallest absolute Gasteiger partial charge is 0.326 e. The molecule has 1 N–H and O–H groups in total. The highest BCUT2D eigenvalue weighted by Crippen LogP contribution is 2.28. The van der Waals surface area contributed by atoms with Crippen molar-refractivity contribution in [3.05, 3.63) is 0 Å². The first-order valence-electron chi connectivity index (χ1n) is 7.12. The van der Waals surface area contributed by atoms with Gasteiger partial charge in [-0.3, -0.25) is 4.79 Å². The Morgan fingerprint density at radius 1 is 1.39 bits per heavy atom. The molecule has 1 aliphatic carbocycles. The van der Waals surface area contributed by atoms with Crippen LogP contribution in [-0.4, -0.2) is 37.9 Å². The normalized spacial score (nSPS) is 18.4. The molecule has 4 heteroatoms. The highest BCUT2D eigenvalue weighted by atomic mass is 16.5. The molecule has 4 nitrogen and oxygen atoms in total. The van der Waals surface area contributed by atoms with Crippen LogP contribution in [0, 0.1) is 5.92 Å². The van der Waals surface area contributed by atoms with Crippen molar-refractivity contribution < 1.29 is 14.3 Å². The Balaban J connectivity index is 2.23. The van der Waals surface area contributed by atoms with Crippen LogP contribution in [0.2, 0.25) is 0 Å². The second-order valence-electron chi connectivity index (χ2n) is 5.20. The lowest BCUT2D eigenvalue weighted by atomic mass is 9.96. The van der Waals surface area contributed by atoms with Crippen LogP contribution in [0.1, 0.15) is 46.5 Å². The van der Waals surface area contributed by atoms with E-state index in [0.717, 1.165) is 38.5 Å². The van der Waals surface area contributed by atoms with Crippen LogP contribution < -0.4 is 5.32 Å². The first-order chi connectivity index (χ1) is 8.62. The lowest BCUT2D eigenvalue weighted by Gasteiger charge is -2.28. The molecule has 0 amide bonds. The summed E-state index contributed by atoms with van der Waals surface area (Å²) in [7, 11) is 0. The van der Waals surface area contributed by atoms with E-state index in [0.29, 0.717) is 6.61 Å². The summed E-state index contributed by atoms with van der Waals surface area (Å²) < 4.78 is 10.7. The van der Waals surface area contributed by atoms with Crippen molar-refractivity contribution in [1.82, 2.24) is 5.32 Å². The molecule has 106 valence electrons. The van der Waals surface area contributed by atoms with Crippen molar-refractivity contribution in [2.24, 2.45) is 5.92 Å². The van der Waals surface area contributed by atoms with Gasteiger partial charge in [-0.1, -0.05) is 6.92 Å². The molecule has 1 saturated carbocycles. The Bertz CT molecular complexity index is 253. The van der Waals surface area contributed by atoms with Gasteiger partial charge >= 0.3 is 5.97 Å². The number of hydrogen-bond acceptors (Lipinski definition) is 4. The van der Waals surface area contributed by atoms with Crippen LogP contribution in [0.4, 0.5) is 0 Å². The molecule has 0 aromatic heterocycles. The molecule has 0 bridgehead atoms. The zero-order valence-corrected chi connectivity index (χ0v) is 12.0. The van der Waals surface area contributed by atoms with Gasteiger partial charge in [-0.05, 0) is 52.0 Å². The van der Waals surface area contributed by atoms with Crippen LogP contribution in [0.15, 0.2) is 0 Å². The number of nitrogens with one attached hydrogen (secondary N) is 1. The number of ether oxygens (including phenoxy) is 2. The van der Waals surface area contributed by atoms with Gasteiger partial charge in [-0.15, -0.1) is 0 Å². The van der Waals surface area contributed by atoms with Crippen LogP contribution in [0.3, 0.4) is 0 Å². The van der Waals surface area contributed by atoms with Crippen molar-refractivity contribution in [3.63, 3.8) is 0 Å². The number of carbonyl (C=O) groups is 1. The van der Waals surface area contributed by atoms with Gasteiger partial charge in [0.1, 0.15) is 5.54 Å². The lowest BCUT2D eigenvalue weighted by molar-refractivity contribution is -0.151. The summed E-state index contributed by atoms with van der Waals surface area (Å²) in [5.74, 6) is 0.643. The molecule has 0 saturated heterocycles. The standard InChI is InChI=1S/C14H27NO3/c1-4-15-14(3,13(16)18-5-2)9-6-10-17-11-12-7-8-12/h12,15H,4-11H2,1-3H3. The Labute approximate surface area is 110 Å². The molecule has 0 aromatic carbocycles. The average Bonchev–Trinajstić information content (AvgIpc) is 3.13. The van der Waals surface area contributed by atoms with E-state index in [1.54, 1.807) is 0 Å². The topological polar surface area (TPSA) is 47.6 Å². The molecule has 1 fully saturated rings. The molecular weight excluding hydrogens is 230 g/mol. The van der Waals surface area contributed by atoms with E-state index in [9.17, 15) is 4.79 Å².